The van der Waals surface area contributed by atoms with Gasteiger partial charge in [0.05, 0.1) is 24.8 Å². The summed E-state index contributed by atoms with van der Waals surface area (Å²) >= 11 is 0. The summed E-state index contributed by atoms with van der Waals surface area (Å²) in [6, 6.07) is 9.98. The van der Waals surface area contributed by atoms with Crippen molar-refractivity contribution in [3.8, 4) is 0 Å². The summed E-state index contributed by atoms with van der Waals surface area (Å²) in [6.45, 7) is 0.367. The molecule has 4 rings (SSSR count). The van der Waals surface area contributed by atoms with E-state index in [4.69, 9.17) is 4.42 Å². The lowest BCUT2D eigenvalue weighted by Crippen LogP contribution is -2.30. The molecule has 5 nitrogen and oxygen atoms in total. The lowest BCUT2D eigenvalue weighted by atomic mass is 9.86. The van der Waals surface area contributed by atoms with Gasteiger partial charge in [0.1, 0.15) is 11.6 Å². The van der Waals surface area contributed by atoms with Gasteiger partial charge < -0.3 is 15.2 Å². The Hall–Kier alpha value is -2.86. The molecule has 6 heteroatoms. The first kappa shape index (κ1) is 15.7. The van der Waals surface area contributed by atoms with Crippen molar-refractivity contribution in [1.82, 2.24) is 16.2 Å². The number of halogens is 1. The van der Waals surface area contributed by atoms with Gasteiger partial charge in [-0.2, -0.15) is 0 Å². The Bertz CT molecular complexity index is 842. The highest BCUT2D eigenvalue weighted by Gasteiger charge is 2.31. The number of rotatable bonds is 4. The summed E-state index contributed by atoms with van der Waals surface area (Å²) in [4.78, 5) is 12.5. The van der Waals surface area contributed by atoms with Gasteiger partial charge in [-0.05, 0) is 47.9 Å². The van der Waals surface area contributed by atoms with Crippen LogP contribution in [0.3, 0.4) is 0 Å². The van der Waals surface area contributed by atoms with Crippen molar-refractivity contribution < 1.29 is 13.6 Å². The molecule has 2 unspecified atom stereocenters. The van der Waals surface area contributed by atoms with E-state index in [0.29, 0.717) is 13.0 Å². The lowest BCUT2D eigenvalue weighted by Gasteiger charge is -2.21. The molecule has 2 aromatic rings. The molecule has 25 heavy (non-hydrogen) atoms. The zero-order valence-corrected chi connectivity index (χ0v) is 13.5. The SMILES string of the molecule is O=C(NCc1ccco1)C1C=CC2=C(C1)C(c1cccc(F)c1)NN2. The molecule has 1 aromatic carbocycles. The predicted octanol–water partition coefficient (Wildman–Crippen LogP) is 2.71. The first-order valence-corrected chi connectivity index (χ1v) is 8.19. The molecule has 1 aliphatic carbocycles. The van der Waals surface area contributed by atoms with Crippen molar-refractivity contribution in [1.29, 1.82) is 0 Å². The van der Waals surface area contributed by atoms with Crippen molar-refractivity contribution in [2.45, 2.75) is 19.0 Å². The molecule has 0 spiro atoms. The fourth-order valence-electron chi connectivity index (χ4n) is 3.24. The van der Waals surface area contributed by atoms with Crippen LogP contribution in [0.4, 0.5) is 4.39 Å². The number of carbonyl (C=O) groups excluding carboxylic acids is 1. The van der Waals surface area contributed by atoms with Gasteiger partial charge in [-0.25, -0.2) is 9.82 Å². The average Bonchev–Trinajstić information content (AvgIpc) is 3.28. The Morgan fingerprint density at radius 2 is 2.24 bits per heavy atom. The Labute approximate surface area is 144 Å². The van der Waals surface area contributed by atoms with E-state index in [-0.39, 0.29) is 23.7 Å². The predicted molar refractivity (Wildman–Crippen MR) is 90.2 cm³/mol. The average molecular weight is 339 g/mol. The Balaban J connectivity index is 1.46. The second kappa shape index (κ2) is 6.57. The molecule has 2 aliphatic rings. The maximum Gasteiger partial charge on any atom is 0.227 e. The van der Waals surface area contributed by atoms with Crippen molar-refractivity contribution >= 4 is 5.91 Å². The molecule has 0 bridgehead atoms. The van der Waals surface area contributed by atoms with E-state index < -0.39 is 0 Å². The zero-order chi connectivity index (χ0) is 17.2. The van der Waals surface area contributed by atoms with E-state index >= 15 is 0 Å². The van der Waals surface area contributed by atoms with E-state index in [1.165, 1.54) is 12.1 Å². The molecule has 0 fully saturated rings. The molecule has 2 heterocycles. The second-order valence-corrected chi connectivity index (χ2v) is 6.16. The van der Waals surface area contributed by atoms with Crippen LogP contribution in [0.15, 0.2) is 70.5 Å². The number of amides is 1. The van der Waals surface area contributed by atoms with Gasteiger partial charge in [0.25, 0.3) is 0 Å². The molecule has 0 radical (unpaired) electrons. The molecule has 0 saturated heterocycles. The summed E-state index contributed by atoms with van der Waals surface area (Å²) in [5, 5.41) is 2.89. The normalized spacial score (nSPS) is 21.8. The number of hydrazine groups is 1. The minimum atomic E-state index is -0.271. The van der Waals surface area contributed by atoms with Crippen LogP contribution in [0.5, 0.6) is 0 Å². The van der Waals surface area contributed by atoms with Crippen molar-refractivity contribution in [2.24, 2.45) is 5.92 Å². The zero-order valence-electron chi connectivity index (χ0n) is 13.5. The number of hydrogen-bond acceptors (Lipinski definition) is 4. The molecule has 3 N–H and O–H groups in total. The van der Waals surface area contributed by atoms with Crippen LogP contribution >= 0.6 is 0 Å². The van der Waals surface area contributed by atoms with Crippen LogP contribution < -0.4 is 16.2 Å². The van der Waals surface area contributed by atoms with E-state index in [1.807, 2.05) is 24.3 Å². The number of nitrogens with one attached hydrogen (secondary N) is 3. The van der Waals surface area contributed by atoms with Crippen LogP contribution in [-0.4, -0.2) is 5.91 Å². The van der Waals surface area contributed by atoms with E-state index in [2.05, 4.69) is 16.2 Å². The van der Waals surface area contributed by atoms with E-state index in [9.17, 15) is 9.18 Å². The fraction of sp³-hybridized carbons (Fsp3) is 0.211. The monoisotopic (exact) mass is 339 g/mol. The van der Waals surface area contributed by atoms with Crippen molar-refractivity contribution in [3.63, 3.8) is 0 Å². The van der Waals surface area contributed by atoms with Crippen LogP contribution in [0.25, 0.3) is 0 Å². The third kappa shape index (κ3) is 3.21. The highest BCUT2D eigenvalue weighted by atomic mass is 19.1. The van der Waals surface area contributed by atoms with Gasteiger partial charge in [0.2, 0.25) is 5.91 Å². The van der Waals surface area contributed by atoms with Crippen molar-refractivity contribution in [2.75, 3.05) is 0 Å². The van der Waals surface area contributed by atoms with E-state index in [0.717, 1.165) is 22.6 Å². The highest BCUT2D eigenvalue weighted by molar-refractivity contribution is 5.81. The van der Waals surface area contributed by atoms with Gasteiger partial charge >= 0.3 is 0 Å². The van der Waals surface area contributed by atoms with Crippen LogP contribution in [-0.2, 0) is 11.3 Å². The van der Waals surface area contributed by atoms with Gasteiger partial charge in [-0.3, -0.25) is 4.79 Å². The number of carbonyl (C=O) groups is 1. The first-order chi connectivity index (χ1) is 12.2. The lowest BCUT2D eigenvalue weighted by molar-refractivity contribution is -0.123. The number of hydrogen-bond donors (Lipinski definition) is 3. The summed E-state index contributed by atoms with van der Waals surface area (Å²) in [5.74, 6) is 0.137. The summed E-state index contributed by atoms with van der Waals surface area (Å²) in [5.41, 5.74) is 9.13. The summed E-state index contributed by atoms with van der Waals surface area (Å²) in [6.07, 6.45) is 5.96. The Morgan fingerprint density at radius 1 is 1.32 bits per heavy atom. The second-order valence-electron chi connectivity index (χ2n) is 6.16. The van der Waals surface area contributed by atoms with Crippen LogP contribution in [0.1, 0.15) is 23.8 Å². The molecule has 1 aliphatic heterocycles. The van der Waals surface area contributed by atoms with Crippen LogP contribution in [0.2, 0.25) is 0 Å². The molecular weight excluding hydrogens is 321 g/mol. The van der Waals surface area contributed by atoms with Crippen LogP contribution in [0, 0.1) is 11.7 Å². The van der Waals surface area contributed by atoms with Gasteiger partial charge in [-0.15, -0.1) is 0 Å². The van der Waals surface area contributed by atoms with Gasteiger partial charge in [-0.1, -0.05) is 18.2 Å². The number of allylic oxidation sites excluding steroid dienone is 1. The Morgan fingerprint density at radius 3 is 3.04 bits per heavy atom. The quantitative estimate of drug-likeness (QED) is 0.801. The number of benzene rings is 1. The third-order valence-electron chi connectivity index (χ3n) is 4.52. The molecule has 1 aromatic heterocycles. The summed E-state index contributed by atoms with van der Waals surface area (Å²) in [7, 11) is 0. The number of furan rings is 1. The van der Waals surface area contributed by atoms with Crippen molar-refractivity contribution in [3.05, 3.63) is 83.2 Å². The maximum absolute atomic E-state index is 13.5. The third-order valence-corrected chi connectivity index (χ3v) is 4.52. The largest absolute Gasteiger partial charge is 0.467 e. The molecular formula is C19H18FN3O2. The molecule has 128 valence electrons. The van der Waals surface area contributed by atoms with Gasteiger partial charge in [0, 0.05) is 5.70 Å². The molecule has 0 saturated carbocycles. The molecule has 2 atom stereocenters. The van der Waals surface area contributed by atoms with Gasteiger partial charge in [0.15, 0.2) is 0 Å². The maximum atomic E-state index is 13.5. The standard InChI is InChI=1S/C19H18FN3O2/c20-14-4-1-3-12(9-14)18-16-10-13(6-7-17(16)22-23-18)19(24)21-11-15-5-2-8-25-15/h1-9,13,18,22-23H,10-11H2,(H,21,24). The minimum absolute atomic E-state index is 0.0518. The smallest absolute Gasteiger partial charge is 0.227 e. The highest BCUT2D eigenvalue weighted by Crippen LogP contribution is 2.35. The van der Waals surface area contributed by atoms with E-state index in [1.54, 1.807) is 18.4 Å². The molecule has 1 amide bonds. The first-order valence-electron chi connectivity index (χ1n) is 8.19. The Kier molecular flexibility index (Phi) is 4.11. The summed E-state index contributed by atoms with van der Waals surface area (Å²) < 4.78 is 18.8. The topological polar surface area (TPSA) is 66.3 Å². The minimum Gasteiger partial charge on any atom is -0.467 e. The fourth-order valence-corrected chi connectivity index (χ4v) is 3.24.